The normalized spacial score (nSPS) is 19.2. The van der Waals surface area contributed by atoms with Crippen molar-refractivity contribution in [1.82, 2.24) is 0 Å². The van der Waals surface area contributed by atoms with Gasteiger partial charge in [0.05, 0.1) is 4.48 Å². The monoisotopic (exact) mass is 306 g/mol. The van der Waals surface area contributed by atoms with Crippen LogP contribution in [-0.2, 0) is 0 Å². The first-order valence-electron chi connectivity index (χ1n) is 2.10. The van der Waals surface area contributed by atoms with Gasteiger partial charge >= 0.3 is 0 Å². The molecule has 0 atom stereocenters. The molecule has 0 aromatic heterocycles. The van der Waals surface area contributed by atoms with E-state index in [0.717, 1.165) is 0 Å². The molecule has 0 amide bonds. The van der Waals surface area contributed by atoms with Crippen molar-refractivity contribution in [1.29, 1.82) is 0 Å². The number of hydrogen-bond acceptors (Lipinski definition) is 0. The van der Waals surface area contributed by atoms with E-state index in [0.29, 0.717) is 0 Å². The number of hydrogen-bond donors (Lipinski definition) is 0. The first-order valence-corrected chi connectivity index (χ1v) is 5.21. The third-order valence-electron chi connectivity index (χ3n) is 0.744. The molecule has 0 fully saturated rings. The van der Waals surface area contributed by atoms with Crippen molar-refractivity contribution in [3.63, 3.8) is 0 Å². The van der Waals surface area contributed by atoms with Crippen LogP contribution in [0.25, 0.3) is 0 Å². The lowest BCUT2D eigenvalue weighted by atomic mass is 10.5. The molecule has 0 radical (unpaired) electrons. The van der Waals surface area contributed by atoms with Gasteiger partial charge in [-0.25, -0.2) is 4.39 Å². The Hall–Kier alpha value is 0.420. The van der Waals surface area contributed by atoms with Crippen LogP contribution in [-0.4, -0.2) is 3.76 Å². The van der Waals surface area contributed by atoms with Crippen LogP contribution in [0.15, 0.2) is 20.5 Å². The Kier molecular flexibility index (Phi) is 2.51. The van der Waals surface area contributed by atoms with Gasteiger partial charge in [-0.2, -0.15) is 4.39 Å². The summed E-state index contributed by atoms with van der Waals surface area (Å²) in [5.74, 6) is -0.731. The van der Waals surface area contributed by atoms with E-state index >= 15 is 0 Å². The van der Waals surface area contributed by atoms with Crippen molar-refractivity contribution in [3.05, 3.63) is 20.5 Å². The summed E-state index contributed by atoms with van der Waals surface area (Å²) in [5, 5.41) is 0. The molecule has 9 heavy (non-hydrogen) atoms. The highest BCUT2D eigenvalue weighted by molar-refractivity contribution is 14.2. The molecule has 0 aliphatic carbocycles. The Morgan fingerprint density at radius 1 is 1.44 bits per heavy atom. The van der Waals surface area contributed by atoms with Crippen molar-refractivity contribution >= 4 is 40.4 Å². The Labute approximate surface area is 69.5 Å². The third kappa shape index (κ3) is 1.67. The predicted octanol–water partition coefficient (Wildman–Crippen LogP) is 3.16. The predicted molar refractivity (Wildman–Crippen MR) is 46.3 cm³/mol. The van der Waals surface area contributed by atoms with Crippen LogP contribution >= 0.6 is 36.7 Å². The number of halogens is 4. The molecule has 0 aromatic carbocycles. The fourth-order valence-corrected chi connectivity index (χ4v) is 2.94. The summed E-state index contributed by atoms with van der Waals surface area (Å²) in [6, 6.07) is 0. The second-order valence-corrected chi connectivity index (χ2v) is 4.47. The lowest BCUT2D eigenvalue weighted by molar-refractivity contribution is 0.650. The molecule has 0 nitrogen and oxygen atoms in total. The molecule has 1 aliphatic heterocycles. The highest BCUT2D eigenvalue weighted by Gasteiger charge is 2.09. The van der Waals surface area contributed by atoms with Gasteiger partial charge in [0.15, 0.2) is 9.59 Å². The molecule has 0 saturated carbocycles. The van der Waals surface area contributed by atoms with Crippen LogP contribution in [0, 0.1) is 0 Å². The highest BCUT2D eigenvalue weighted by Crippen LogP contribution is 2.26. The van der Waals surface area contributed by atoms with Crippen molar-refractivity contribution in [2.75, 3.05) is 0 Å². The Bertz CT molecular complexity index is 217. The van der Waals surface area contributed by atoms with E-state index in [-0.39, 0.29) is 4.48 Å². The van der Waals surface area contributed by atoms with E-state index in [2.05, 4.69) is 15.9 Å². The van der Waals surface area contributed by atoms with Gasteiger partial charge in [-0.3, -0.25) is 0 Å². The highest BCUT2D eigenvalue weighted by atomic mass is 127. The van der Waals surface area contributed by atoms with E-state index in [1.807, 2.05) is 0 Å². The van der Waals surface area contributed by atoms with Gasteiger partial charge in [-0.15, -0.1) is 0 Å². The zero-order valence-electron chi connectivity index (χ0n) is 4.17. The van der Waals surface area contributed by atoms with E-state index in [9.17, 15) is 8.78 Å². The van der Waals surface area contributed by atoms with Crippen molar-refractivity contribution in [2.45, 2.75) is 0 Å². The molecule has 0 spiro atoms. The van der Waals surface area contributed by atoms with Crippen LogP contribution in [0.2, 0.25) is 0 Å². The van der Waals surface area contributed by atoms with Crippen LogP contribution in [0.4, 0.5) is 8.78 Å². The molecule has 0 aromatic rings. The summed E-state index contributed by atoms with van der Waals surface area (Å²) >= 11 is 2.06. The number of allylic oxidation sites excluding steroid dienone is 3. The minimum absolute atomic E-state index is 0.214. The van der Waals surface area contributed by atoms with Crippen molar-refractivity contribution in [2.24, 2.45) is 0 Å². The number of rotatable bonds is 0. The van der Waals surface area contributed by atoms with Crippen molar-refractivity contribution < 1.29 is 8.78 Å². The Balaban J connectivity index is 3.06. The smallest absolute Gasteiger partial charge is 0.191 e. The molecule has 0 unspecified atom stereocenters. The fraction of sp³-hybridized carbons (Fsp3) is 0. The molecule has 1 rings (SSSR count). The standard InChI is InChI=1S/C5H2BrF2I/c6-3-1-2-9-5(8)4(3)7/h1-2H. The fourth-order valence-electron chi connectivity index (χ4n) is 0.353. The summed E-state index contributed by atoms with van der Waals surface area (Å²) in [4.78, 5) is 0. The van der Waals surface area contributed by atoms with Gasteiger partial charge in [-0.05, 0) is 46.8 Å². The van der Waals surface area contributed by atoms with Crippen LogP contribution in [0.1, 0.15) is 0 Å². The van der Waals surface area contributed by atoms with Gasteiger partial charge in [-0.1, -0.05) is 0 Å². The minimum Gasteiger partial charge on any atom is -0.202 e. The molecule has 1 aliphatic rings. The van der Waals surface area contributed by atoms with E-state index in [1.54, 1.807) is 10.2 Å². The van der Waals surface area contributed by atoms with E-state index < -0.39 is 30.3 Å². The molecular formula is C5H2BrF2I. The quantitative estimate of drug-likeness (QED) is 0.603. The van der Waals surface area contributed by atoms with Gasteiger partial charge in [0, 0.05) is 0 Å². The third-order valence-corrected chi connectivity index (χ3v) is 3.10. The van der Waals surface area contributed by atoms with Gasteiger partial charge in [0.2, 0.25) is 0 Å². The topological polar surface area (TPSA) is 0 Å². The molecule has 1 heterocycles. The van der Waals surface area contributed by atoms with Gasteiger partial charge in [0.1, 0.15) is 0 Å². The first-order chi connectivity index (χ1) is 4.22. The largest absolute Gasteiger partial charge is 0.202 e. The lowest BCUT2D eigenvalue weighted by Gasteiger charge is -1.96. The maximum absolute atomic E-state index is 12.4. The Morgan fingerprint density at radius 2 is 2.11 bits per heavy atom. The second kappa shape index (κ2) is 3.01. The molecule has 0 bridgehead atoms. The van der Waals surface area contributed by atoms with Gasteiger partial charge < -0.3 is 0 Å². The Morgan fingerprint density at radius 3 is 2.56 bits per heavy atom. The van der Waals surface area contributed by atoms with Crippen LogP contribution in [0.3, 0.4) is 0 Å². The molecular weight excluding hydrogens is 305 g/mol. The first kappa shape index (κ1) is 7.53. The maximum Gasteiger partial charge on any atom is 0.191 e. The zero-order chi connectivity index (χ0) is 6.85. The molecule has 50 valence electrons. The maximum atomic E-state index is 12.4. The second-order valence-electron chi connectivity index (χ2n) is 1.32. The summed E-state index contributed by atoms with van der Waals surface area (Å²) in [6.07, 6.45) is 1.55. The average Bonchev–Trinajstić information content (AvgIpc) is 1.83. The van der Waals surface area contributed by atoms with Gasteiger partial charge in [0.25, 0.3) is 0 Å². The summed E-state index contributed by atoms with van der Waals surface area (Å²) in [7, 11) is 0. The van der Waals surface area contributed by atoms with E-state index in [4.69, 9.17) is 0 Å². The van der Waals surface area contributed by atoms with Crippen LogP contribution in [0.5, 0.6) is 0 Å². The summed E-state index contributed by atoms with van der Waals surface area (Å²) < 4.78 is 25.9. The lowest BCUT2D eigenvalue weighted by Crippen LogP contribution is -1.88. The summed E-state index contributed by atoms with van der Waals surface area (Å²) in [6.45, 7) is 0. The molecule has 4 heteroatoms. The molecule has 0 saturated heterocycles. The SMILES string of the molecule is FC1=IC=CC(Br)=C1F. The zero-order valence-corrected chi connectivity index (χ0v) is 7.91. The summed E-state index contributed by atoms with van der Waals surface area (Å²) in [5.41, 5.74) is 0. The van der Waals surface area contributed by atoms with E-state index in [1.165, 1.54) is 0 Å². The minimum atomic E-state index is -0.809. The van der Waals surface area contributed by atoms with Crippen molar-refractivity contribution in [3.8, 4) is 0 Å². The molecule has 0 N–H and O–H groups in total. The van der Waals surface area contributed by atoms with Crippen LogP contribution < -0.4 is 0 Å². The average molecular weight is 307 g/mol.